The fourth-order valence-electron chi connectivity index (χ4n) is 1.87. The number of anilines is 1. The third-order valence-electron chi connectivity index (χ3n) is 2.94. The lowest BCUT2D eigenvalue weighted by atomic mass is 10.0. The number of nitrogens with zero attached hydrogens (tertiary/aromatic N) is 1. The number of aliphatic carboxylic acids is 1. The molecule has 0 spiro atoms. The molecule has 1 aromatic carbocycles. The standard InChI is InChI=1S/C13H16N2O4S/c1-13(2)10(11(17)18)15-12(20-13)14-8-5-4-7(19-3)6-9(8)16/h4-6,10,16H,1-3H3,(H,14,15)(H,17,18)/t10-/m0/s1. The molecule has 0 aromatic heterocycles. The lowest BCUT2D eigenvalue weighted by Gasteiger charge is -2.20. The fraction of sp³-hybridized carbons (Fsp3) is 0.385. The second kappa shape index (κ2) is 5.24. The first-order valence-electron chi connectivity index (χ1n) is 5.97. The molecule has 2 rings (SSSR count). The summed E-state index contributed by atoms with van der Waals surface area (Å²) < 4.78 is 4.47. The molecule has 108 valence electrons. The monoisotopic (exact) mass is 296 g/mol. The average Bonchev–Trinajstić information content (AvgIpc) is 2.67. The largest absolute Gasteiger partial charge is 0.506 e. The molecule has 1 aliphatic heterocycles. The molecule has 7 heteroatoms. The molecule has 1 aromatic rings. The zero-order chi connectivity index (χ0) is 14.9. The minimum absolute atomic E-state index is 0.0178. The molecule has 0 amide bonds. The molecule has 6 nitrogen and oxygen atoms in total. The summed E-state index contributed by atoms with van der Waals surface area (Å²) in [4.78, 5) is 15.3. The van der Waals surface area contributed by atoms with Gasteiger partial charge in [0.05, 0.1) is 17.5 Å². The van der Waals surface area contributed by atoms with Crippen LogP contribution in [0.15, 0.2) is 23.2 Å². The first-order valence-corrected chi connectivity index (χ1v) is 6.79. The van der Waals surface area contributed by atoms with Crippen LogP contribution >= 0.6 is 11.8 Å². The number of carboxylic acid groups (broad SMARTS) is 1. The summed E-state index contributed by atoms with van der Waals surface area (Å²) in [5.74, 6) is -0.403. The number of amidine groups is 1. The number of hydrogen-bond acceptors (Lipinski definition) is 6. The van der Waals surface area contributed by atoms with Crippen molar-refractivity contribution in [2.24, 2.45) is 4.99 Å². The SMILES string of the molecule is COc1ccc(NC2=N[C@@H](C(=O)O)C(C)(C)S2)c(O)c1. The Hall–Kier alpha value is -1.89. The molecule has 1 aliphatic rings. The number of phenolic OH excluding ortho intramolecular Hbond substituents is 1. The van der Waals surface area contributed by atoms with Crippen LogP contribution in [0.1, 0.15) is 13.8 Å². The van der Waals surface area contributed by atoms with E-state index in [0.29, 0.717) is 16.6 Å². The van der Waals surface area contributed by atoms with Crippen molar-refractivity contribution in [3.8, 4) is 11.5 Å². The Labute approximate surface area is 120 Å². The van der Waals surface area contributed by atoms with E-state index in [9.17, 15) is 9.90 Å². The maximum atomic E-state index is 11.2. The molecule has 0 unspecified atom stereocenters. The van der Waals surface area contributed by atoms with Gasteiger partial charge in [-0.3, -0.25) is 0 Å². The van der Waals surface area contributed by atoms with Gasteiger partial charge in [0.1, 0.15) is 11.5 Å². The van der Waals surface area contributed by atoms with Crippen LogP contribution in [0.4, 0.5) is 5.69 Å². The van der Waals surface area contributed by atoms with Crippen LogP contribution in [-0.2, 0) is 4.79 Å². The van der Waals surface area contributed by atoms with Crippen molar-refractivity contribution in [3.63, 3.8) is 0 Å². The average molecular weight is 296 g/mol. The van der Waals surface area contributed by atoms with Gasteiger partial charge in [-0.1, -0.05) is 11.8 Å². The van der Waals surface area contributed by atoms with Crippen molar-refractivity contribution in [1.29, 1.82) is 0 Å². The summed E-state index contributed by atoms with van der Waals surface area (Å²) in [6, 6.07) is 4.01. The van der Waals surface area contributed by atoms with Gasteiger partial charge in [-0.05, 0) is 26.0 Å². The topological polar surface area (TPSA) is 91.2 Å². The third kappa shape index (κ3) is 2.82. The summed E-state index contributed by atoms with van der Waals surface area (Å²) in [6.45, 7) is 3.64. The number of carboxylic acids is 1. The Morgan fingerprint density at radius 3 is 2.70 bits per heavy atom. The van der Waals surface area contributed by atoms with E-state index >= 15 is 0 Å². The Morgan fingerprint density at radius 2 is 2.20 bits per heavy atom. The number of ether oxygens (including phenoxy) is 1. The van der Waals surface area contributed by atoms with Crippen molar-refractivity contribution in [1.82, 2.24) is 0 Å². The van der Waals surface area contributed by atoms with Crippen LogP contribution in [0, 0.1) is 0 Å². The van der Waals surface area contributed by atoms with E-state index in [0.717, 1.165) is 0 Å². The summed E-state index contributed by atoms with van der Waals surface area (Å²) in [5.41, 5.74) is 0.457. The number of carbonyl (C=O) groups is 1. The lowest BCUT2D eigenvalue weighted by Crippen LogP contribution is -2.34. The van der Waals surface area contributed by atoms with Crippen LogP contribution in [0.5, 0.6) is 11.5 Å². The van der Waals surface area contributed by atoms with Crippen LogP contribution < -0.4 is 10.1 Å². The first kappa shape index (κ1) is 14.5. The van der Waals surface area contributed by atoms with Gasteiger partial charge in [0.15, 0.2) is 11.2 Å². The van der Waals surface area contributed by atoms with Gasteiger partial charge < -0.3 is 20.3 Å². The number of phenols is 1. The van der Waals surface area contributed by atoms with Gasteiger partial charge in [0, 0.05) is 6.07 Å². The van der Waals surface area contributed by atoms with Gasteiger partial charge in [0.25, 0.3) is 0 Å². The predicted octanol–water partition coefficient (Wildman–Crippen LogP) is 2.15. The van der Waals surface area contributed by atoms with Crippen LogP contribution in [0.3, 0.4) is 0 Å². The second-order valence-corrected chi connectivity index (χ2v) is 6.53. The van der Waals surface area contributed by atoms with E-state index in [1.54, 1.807) is 12.1 Å². The summed E-state index contributed by atoms with van der Waals surface area (Å²) >= 11 is 1.33. The molecule has 0 fully saturated rings. The highest BCUT2D eigenvalue weighted by Crippen LogP contribution is 2.39. The van der Waals surface area contributed by atoms with Crippen molar-refractivity contribution in [3.05, 3.63) is 18.2 Å². The molecule has 0 radical (unpaired) electrons. The van der Waals surface area contributed by atoms with Gasteiger partial charge in [-0.25, -0.2) is 9.79 Å². The zero-order valence-corrected chi connectivity index (χ0v) is 12.2. The minimum Gasteiger partial charge on any atom is -0.506 e. The number of methoxy groups -OCH3 is 1. The summed E-state index contributed by atoms with van der Waals surface area (Å²) in [5, 5.41) is 22.4. The van der Waals surface area contributed by atoms with E-state index in [4.69, 9.17) is 9.84 Å². The molecular formula is C13H16N2O4S. The lowest BCUT2D eigenvalue weighted by molar-refractivity contribution is -0.138. The highest BCUT2D eigenvalue weighted by atomic mass is 32.2. The van der Waals surface area contributed by atoms with E-state index in [-0.39, 0.29) is 5.75 Å². The smallest absolute Gasteiger partial charge is 0.329 e. The van der Waals surface area contributed by atoms with E-state index in [1.807, 2.05) is 13.8 Å². The maximum absolute atomic E-state index is 11.2. The highest BCUT2D eigenvalue weighted by molar-refractivity contribution is 8.15. The quantitative estimate of drug-likeness (QED) is 0.740. The molecule has 0 saturated heterocycles. The number of rotatable bonds is 3. The highest BCUT2D eigenvalue weighted by Gasteiger charge is 2.42. The van der Waals surface area contributed by atoms with Gasteiger partial charge in [-0.15, -0.1) is 0 Å². The van der Waals surface area contributed by atoms with Crippen molar-refractivity contribution < 1.29 is 19.7 Å². The van der Waals surface area contributed by atoms with E-state index < -0.39 is 16.8 Å². The Balaban J connectivity index is 2.19. The number of nitrogens with one attached hydrogen (secondary N) is 1. The molecule has 0 saturated carbocycles. The minimum atomic E-state index is -0.960. The number of aliphatic imine (C=N–C) groups is 1. The molecule has 3 N–H and O–H groups in total. The number of benzene rings is 1. The van der Waals surface area contributed by atoms with Crippen LogP contribution in [-0.4, -0.2) is 39.2 Å². The van der Waals surface area contributed by atoms with Gasteiger partial charge in [0.2, 0.25) is 0 Å². The molecule has 1 atom stereocenters. The fourth-order valence-corrected chi connectivity index (χ4v) is 2.96. The van der Waals surface area contributed by atoms with Crippen molar-refractivity contribution in [2.75, 3.05) is 12.4 Å². The molecule has 20 heavy (non-hydrogen) atoms. The van der Waals surface area contributed by atoms with Crippen molar-refractivity contribution >= 4 is 28.6 Å². The van der Waals surface area contributed by atoms with Crippen LogP contribution in [0.2, 0.25) is 0 Å². The number of hydrogen-bond donors (Lipinski definition) is 3. The van der Waals surface area contributed by atoms with Gasteiger partial charge in [-0.2, -0.15) is 0 Å². The molecule has 1 heterocycles. The van der Waals surface area contributed by atoms with Gasteiger partial charge >= 0.3 is 5.97 Å². The predicted molar refractivity (Wildman–Crippen MR) is 78.8 cm³/mol. The number of aromatic hydroxyl groups is 1. The molecule has 0 aliphatic carbocycles. The first-order chi connectivity index (χ1) is 9.33. The Kier molecular flexibility index (Phi) is 3.80. The summed E-state index contributed by atoms with van der Waals surface area (Å²) in [6.07, 6.45) is 0. The molecule has 0 bridgehead atoms. The van der Waals surface area contributed by atoms with Crippen LogP contribution in [0.25, 0.3) is 0 Å². The Morgan fingerprint density at radius 1 is 1.50 bits per heavy atom. The number of thioether (sulfide) groups is 1. The Bertz CT molecular complexity index is 571. The van der Waals surface area contributed by atoms with E-state index in [1.165, 1.54) is 24.9 Å². The maximum Gasteiger partial charge on any atom is 0.329 e. The van der Waals surface area contributed by atoms with E-state index in [2.05, 4.69) is 10.3 Å². The van der Waals surface area contributed by atoms with Crippen molar-refractivity contribution in [2.45, 2.75) is 24.6 Å². The third-order valence-corrected chi connectivity index (χ3v) is 4.10. The normalized spacial score (nSPS) is 20.4. The summed E-state index contributed by atoms with van der Waals surface area (Å²) in [7, 11) is 1.51. The molecular weight excluding hydrogens is 280 g/mol. The second-order valence-electron chi connectivity index (χ2n) is 4.89. The zero-order valence-electron chi connectivity index (χ0n) is 11.4.